The van der Waals surface area contributed by atoms with Crippen molar-refractivity contribution in [2.24, 2.45) is 5.92 Å². The average Bonchev–Trinajstić information content (AvgIpc) is 2.46. The van der Waals surface area contributed by atoms with E-state index in [4.69, 9.17) is 0 Å². The summed E-state index contributed by atoms with van der Waals surface area (Å²) in [7, 11) is 0. The van der Waals surface area contributed by atoms with Crippen LogP contribution in [0.2, 0.25) is 0 Å². The minimum atomic E-state index is -0.321. The van der Waals surface area contributed by atoms with Crippen LogP contribution in [0.3, 0.4) is 0 Å². The number of halogens is 1. The van der Waals surface area contributed by atoms with Gasteiger partial charge >= 0.3 is 0 Å². The van der Waals surface area contributed by atoms with Crippen molar-refractivity contribution >= 4 is 21.8 Å². The smallest absolute Gasteiger partial charge is 0.223 e. The number of carbonyl (C=O) groups is 1. The lowest BCUT2D eigenvalue weighted by atomic mass is 9.96. The molecule has 0 aliphatic carbocycles. The van der Waals surface area contributed by atoms with Crippen LogP contribution in [0.4, 0.5) is 0 Å². The Morgan fingerprint density at radius 3 is 2.60 bits per heavy atom. The lowest BCUT2D eigenvalue weighted by Crippen LogP contribution is -2.33. The van der Waals surface area contributed by atoms with Crippen LogP contribution in [0.1, 0.15) is 38.7 Å². The number of hydrogen-bond donors (Lipinski definition) is 2. The number of aliphatic hydroxyl groups excluding tert-OH is 1. The van der Waals surface area contributed by atoms with Gasteiger partial charge in [0.2, 0.25) is 5.91 Å². The molecule has 0 aromatic heterocycles. The summed E-state index contributed by atoms with van der Waals surface area (Å²) >= 11 is 3.52. The van der Waals surface area contributed by atoms with E-state index in [2.05, 4.69) is 21.2 Å². The molecule has 3 nitrogen and oxygen atoms in total. The highest BCUT2D eigenvalue weighted by Crippen LogP contribution is 2.21. The molecule has 4 heteroatoms. The third-order valence-corrected chi connectivity index (χ3v) is 4.31. The predicted molar refractivity (Wildman–Crippen MR) is 85.6 cm³/mol. The molecule has 0 fully saturated rings. The van der Waals surface area contributed by atoms with Crippen molar-refractivity contribution in [1.82, 2.24) is 5.32 Å². The molecule has 1 aromatic carbocycles. The van der Waals surface area contributed by atoms with E-state index < -0.39 is 0 Å². The third kappa shape index (κ3) is 5.63. The van der Waals surface area contributed by atoms with Crippen molar-refractivity contribution in [3.05, 3.63) is 34.3 Å². The topological polar surface area (TPSA) is 49.3 Å². The van der Waals surface area contributed by atoms with E-state index in [1.54, 1.807) is 0 Å². The molecule has 0 aliphatic rings. The summed E-state index contributed by atoms with van der Waals surface area (Å²) in [5.41, 5.74) is 1.16. The minimum absolute atomic E-state index is 0.0209. The fourth-order valence-electron chi connectivity index (χ4n) is 2.06. The molecule has 0 saturated carbocycles. The van der Waals surface area contributed by atoms with Crippen molar-refractivity contribution in [2.45, 2.75) is 45.6 Å². The maximum atomic E-state index is 12.2. The first-order valence-corrected chi connectivity index (χ1v) is 8.06. The molecule has 2 unspecified atom stereocenters. The van der Waals surface area contributed by atoms with Gasteiger partial charge in [0.15, 0.2) is 0 Å². The Labute approximate surface area is 129 Å². The molecule has 0 aliphatic heterocycles. The van der Waals surface area contributed by atoms with Gasteiger partial charge in [-0.05, 0) is 37.3 Å². The fourth-order valence-corrected chi connectivity index (χ4v) is 2.51. The van der Waals surface area contributed by atoms with Gasteiger partial charge in [-0.15, -0.1) is 0 Å². The van der Waals surface area contributed by atoms with E-state index in [0.29, 0.717) is 13.0 Å². The summed E-state index contributed by atoms with van der Waals surface area (Å²) in [6.45, 7) is 4.51. The SMILES string of the molecule is CCC(O)CCNC(=O)C(CC)Cc1ccccc1Br. The van der Waals surface area contributed by atoms with E-state index >= 15 is 0 Å². The Bertz CT molecular complexity index is 423. The highest BCUT2D eigenvalue weighted by atomic mass is 79.9. The molecule has 112 valence electrons. The summed E-state index contributed by atoms with van der Waals surface area (Å²) < 4.78 is 1.05. The molecule has 0 bridgehead atoms. The Hall–Kier alpha value is -0.870. The van der Waals surface area contributed by atoms with Crippen LogP contribution >= 0.6 is 15.9 Å². The second-order valence-corrected chi connectivity index (χ2v) is 5.90. The zero-order chi connectivity index (χ0) is 15.0. The van der Waals surface area contributed by atoms with E-state index in [-0.39, 0.29) is 17.9 Å². The largest absolute Gasteiger partial charge is 0.393 e. The van der Waals surface area contributed by atoms with Gasteiger partial charge in [-0.3, -0.25) is 4.79 Å². The first-order valence-electron chi connectivity index (χ1n) is 7.27. The van der Waals surface area contributed by atoms with Gasteiger partial charge in [-0.1, -0.05) is 48.0 Å². The van der Waals surface area contributed by atoms with Crippen molar-refractivity contribution in [3.8, 4) is 0 Å². The van der Waals surface area contributed by atoms with Crippen LogP contribution < -0.4 is 5.32 Å². The number of hydrogen-bond acceptors (Lipinski definition) is 2. The Kier molecular flexibility index (Phi) is 7.85. The van der Waals surface area contributed by atoms with Crippen LogP contribution in [-0.4, -0.2) is 23.7 Å². The molecule has 2 N–H and O–H groups in total. The number of aliphatic hydroxyl groups is 1. The number of amides is 1. The molecule has 0 saturated heterocycles. The minimum Gasteiger partial charge on any atom is -0.393 e. The molecule has 1 aromatic rings. The monoisotopic (exact) mass is 341 g/mol. The standard InChI is InChI=1S/C16H24BrNO2/c1-3-12(11-13-7-5-6-8-15(13)17)16(20)18-10-9-14(19)4-2/h5-8,12,14,19H,3-4,9-11H2,1-2H3,(H,18,20). The Morgan fingerprint density at radius 1 is 1.30 bits per heavy atom. The van der Waals surface area contributed by atoms with Crippen LogP contribution in [0.15, 0.2) is 28.7 Å². The maximum Gasteiger partial charge on any atom is 0.223 e. The number of nitrogens with one attached hydrogen (secondary N) is 1. The van der Waals surface area contributed by atoms with Crippen molar-refractivity contribution in [2.75, 3.05) is 6.54 Å². The first-order chi connectivity index (χ1) is 9.58. The second-order valence-electron chi connectivity index (χ2n) is 5.04. The van der Waals surface area contributed by atoms with Gasteiger partial charge in [-0.25, -0.2) is 0 Å². The van der Waals surface area contributed by atoms with Crippen LogP contribution in [0, 0.1) is 5.92 Å². The van der Waals surface area contributed by atoms with E-state index in [1.807, 2.05) is 38.1 Å². The second kappa shape index (κ2) is 9.14. The van der Waals surface area contributed by atoms with E-state index in [0.717, 1.165) is 29.3 Å². The normalized spacial score (nSPS) is 13.8. The summed E-state index contributed by atoms with van der Waals surface area (Å²) in [6.07, 6.45) is 2.57. The number of carbonyl (C=O) groups excluding carboxylic acids is 1. The van der Waals surface area contributed by atoms with Gasteiger partial charge in [-0.2, -0.15) is 0 Å². The summed E-state index contributed by atoms with van der Waals surface area (Å²) in [6, 6.07) is 8.00. The molecule has 20 heavy (non-hydrogen) atoms. The van der Waals surface area contributed by atoms with E-state index in [9.17, 15) is 9.90 Å². The lowest BCUT2D eigenvalue weighted by molar-refractivity contribution is -0.125. The summed E-state index contributed by atoms with van der Waals surface area (Å²) in [5, 5.41) is 12.4. The molecule has 1 amide bonds. The van der Waals surface area contributed by atoms with Crippen LogP contribution in [-0.2, 0) is 11.2 Å². The van der Waals surface area contributed by atoms with Crippen molar-refractivity contribution < 1.29 is 9.90 Å². The van der Waals surface area contributed by atoms with Crippen molar-refractivity contribution in [1.29, 1.82) is 0 Å². The zero-order valence-electron chi connectivity index (χ0n) is 12.2. The number of benzene rings is 1. The molecule has 0 radical (unpaired) electrons. The quantitative estimate of drug-likeness (QED) is 0.762. The molecule has 0 heterocycles. The van der Waals surface area contributed by atoms with Crippen LogP contribution in [0.25, 0.3) is 0 Å². The molecule has 0 spiro atoms. The van der Waals surface area contributed by atoms with Gasteiger partial charge in [0.1, 0.15) is 0 Å². The van der Waals surface area contributed by atoms with Crippen molar-refractivity contribution in [3.63, 3.8) is 0 Å². The first kappa shape index (κ1) is 17.2. The maximum absolute atomic E-state index is 12.2. The molecule has 1 rings (SSSR count). The van der Waals surface area contributed by atoms with Gasteiger partial charge in [0.25, 0.3) is 0 Å². The fraction of sp³-hybridized carbons (Fsp3) is 0.562. The Morgan fingerprint density at radius 2 is 2.00 bits per heavy atom. The average molecular weight is 342 g/mol. The highest BCUT2D eigenvalue weighted by molar-refractivity contribution is 9.10. The predicted octanol–water partition coefficient (Wildman–Crippen LogP) is 3.30. The van der Waals surface area contributed by atoms with Gasteiger partial charge < -0.3 is 10.4 Å². The molecule has 2 atom stereocenters. The zero-order valence-corrected chi connectivity index (χ0v) is 13.8. The van der Waals surface area contributed by atoms with Crippen LogP contribution in [0.5, 0.6) is 0 Å². The lowest BCUT2D eigenvalue weighted by Gasteiger charge is -2.16. The third-order valence-electron chi connectivity index (χ3n) is 3.54. The van der Waals surface area contributed by atoms with E-state index in [1.165, 1.54) is 0 Å². The summed E-state index contributed by atoms with van der Waals surface area (Å²) in [4.78, 5) is 12.2. The molecular weight excluding hydrogens is 318 g/mol. The Balaban J connectivity index is 2.49. The van der Waals surface area contributed by atoms with Gasteiger partial charge in [0.05, 0.1) is 6.10 Å². The van der Waals surface area contributed by atoms with Gasteiger partial charge in [0, 0.05) is 16.9 Å². The summed E-state index contributed by atoms with van der Waals surface area (Å²) in [5.74, 6) is 0.0547. The highest BCUT2D eigenvalue weighted by Gasteiger charge is 2.17. The number of rotatable bonds is 8. The molecular formula is C16H24BrNO2.